The molecule has 0 unspecified atom stereocenters. The Balaban J connectivity index is 2.04. The number of fused-ring (bicyclic) bond motifs is 1. The molecule has 2 rings (SSSR count). The Kier molecular flexibility index (Phi) is 3.82. The Hall–Kier alpha value is -1.92. The maximum atomic E-state index is 11.3. The molecular weight excluding hydrogens is 244 g/mol. The first-order valence-electron chi connectivity index (χ1n) is 6.00. The highest BCUT2D eigenvalue weighted by molar-refractivity contribution is 5.77. The van der Waals surface area contributed by atoms with E-state index in [1.165, 1.54) is 7.05 Å². The first-order chi connectivity index (χ1) is 8.99. The van der Waals surface area contributed by atoms with Gasteiger partial charge in [-0.15, -0.1) is 0 Å². The van der Waals surface area contributed by atoms with Gasteiger partial charge < -0.3 is 9.30 Å². The number of amides is 1. The van der Waals surface area contributed by atoms with Crippen molar-refractivity contribution in [1.29, 1.82) is 0 Å². The van der Waals surface area contributed by atoms with Crippen LogP contribution in [0.5, 0.6) is 0 Å². The molecule has 0 saturated carbocycles. The van der Waals surface area contributed by atoms with Gasteiger partial charge in [-0.1, -0.05) is 6.07 Å². The van der Waals surface area contributed by atoms with Crippen molar-refractivity contribution in [2.45, 2.75) is 13.5 Å². The largest absolute Gasteiger partial charge is 0.367 e. The predicted molar refractivity (Wildman–Crippen MR) is 72.1 cm³/mol. The average molecular weight is 262 g/mol. The molecule has 0 radical (unpaired) electrons. The summed E-state index contributed by atoms with van der Waals surface area (Å²) < 4.78 is 7.36. The fourth-order valence-electron chi connectivity index (χ4n) is 1.81. The van der Waals surface area contributed by atoms with Crippen LogP contribution in [-0.2, 0) is 23.2 Å². The maximum absolute atomic E-state index is 11.3. The second kappa shape index (κ2) is 5.38. The number of likely N-dealkylation sites (N-methyl/N-ethyl adjacent to an activating group) is 1. The van der Waals surface area contributed by atoms with Crippen LogP contribution in [0.25, 0.3) is 11.0 Å². The summed E-state index contributed by atoms with van der Waals surface area (Å²) in [5.74, 6) is 6.01. The van der Waals surface area contributed by atoms with E-state index in [1.54, 1.807) is 0 Å². The van der Waals surface area contributed by atoms with Crippen LogP contribution in [0.4, 0.5) is 0 Å². The summed E-state index contributed by atoms with van der Waals surface area (Å²) in [5, 5.41) is 1.02. The molecule has 19 heavy (non-hydrogen) atoms. The van der Waals surface area contributed by atoms with Gasteiger partial charge in [-0.05, 0) is 24.6 Å². The summed E-state index contributed by atoms with van der Waals surface area (Å²) in [6.07, 6.45) is 0. The fourth-order valence-corrected chi connectivity index (χ4v) is 1.81. The average Bonchev–Trinajstić information content (AvgIpc) is 2.64. The third kappa shape index (κ3) is 2.91. The standard InChI is InChI=1S/C13H18N4O2/c1-9-15-11-6-10(4-5-12(11)16(9)2)7-19-8-13(18)17(3)14/h4-6H,7-8,14H2,1-3H3. The topological polar surface area (TPSA) is 73.4 Å². The first-order valence-corrected chi connectivity index (χ1v) is 6.00. The molecular formula is C13H18N4O2. The lowest BCUT2D eigenvalue weighted by molar-refractivity contribution is -0.135. The van der Waals surface area contributed by atoms with Crippen molar-refractivity contribution in [3.8, 4) is 0 Å². The molecule has 2 aromatic rings. The van der Waals surface area contributed by atoms with Gasteiger partial charge in [0.05, 0.1) is 17.6 Å². The summed E-state index contributed by atoms with van der Waals surface area (Å²) in [6.45, 7) is 2.31. The van der Waals surface area contributed by atoms with Gasteiger partial charge in [-0.2, -0.15) is 0 Å². The summed E-state index contributed by atoms with van der Waals surface area (Å²) >= 11 is 0. The van der Waals surface area contributed by atoms with Gasteiger partial charge in [-0.25, -0.2) is 10.8 Å². The molecule has 102 valence electrons. The van der Waals surface area contributed by atoms with E-state index in [0.717, 1.165) is 27.4 Å². The number of carbonyl (C=O) groups excluding carboxylic acids is 1. The van der Waals surface area contributed by atoms with Crippen molar-refractivity contribution < 1.29 is 9.53 Å². The van der Waals surface area contributed by atoms with Crippen molar-refractivity contribution in [2.24, 2.45) is 12.9 Å². The monoisotopic (exact) mass is 262 g/mol. The molecule has 0 fully saturated rings. The summed E-state index contributed by atoms with van der Waals surface area (Å²) in [4.78, 5) is 15.7. The van der Waals surface area contributed by atoms with E-state index in [4.69, 9.17) is 10.6 Å². The number of aromatic nitrogens is 2. The second-order valence-electron chi connectivity index (χ2n) is 4.54. The van der Waals surface area contributed by atoms with Crippen LogP contribution in [0.3, 0.4) is 0 Å². The summed E-state index contributed by atoms with van der Waals surface area (Å²) in [7, 11) is 3.48. The molecule has 1 aromatic carbocycles. The summed E-state index contributed by atoms with van der Waals surface area (Å²) in [5.41, 5.74) is 3.00. The third-order valence-corrected chi connectivity index (χ3v) is 3.06. The molecule has 0 aliphatic heterocycles. The van der Waals surface area contributed by atoms with E-state index < -0.39 is 0 Å². The quantitative estimate of drug-likeness (QED) is 0.501. The Morgan fingerprint density at radius 3 is 2.95 bits per heavy atom. The maximum Gasteiger partial charge on any atom is 0.262 e. The lowest BCUT2D eigenvalue weighted by atomic mass is 10.2. The molecule has 0 aliphatic rings. The Labute approximate surface area is 111 Å². The smallest absolute Gasteiger partial charge is 0.262 e. The van der Waals surface area contributed by atoms with Crippen LogP contribution >= 0.6 is 0 Å². The number of carbonyl (C=O) groups is 1. The minimum Gasteiger partial charge on any atom is -0.367 e. The van der Waals surface area contributed by atoms with Crippen LogP contribution in [-0.4, -0.2) is 34.1 Å². The Morgan fingerprint density at radius 2 is 2.26 bits per heavy atom. The molecule has 1 amide bonds. The number of ether oxygens (including phenoxy) is 1. The minimum atomic E-state index is -0.255. The van der Waals surface area contributed by atoms with E-state index >= 15 is 0 Å². The molecule has 1 aromatic heterocycles. The molecule has 0 spiro atoms. The van der Waals surface area contributed by atoms with Gasteiger partial charge in [0, 0.05) is 14.1 Å². The number of hydrogen-bond acceptors (Lipinski definition) is 4. The number of nitrogens with zero attached hydrogens (tertiary/aromatic N) is 3. The fraction of sp³-hybridized carbons (Fsp3) is 0.385. The van der Waals surface area contributed by atoms with E-state index in [1.807, 2.05) is 36.7 Å². The van der Waals surface area contributed by atoms with Crippen LogP contribution in [0, 0.1) is 6.92 Å². The van der Waals surface area contributed by atoms with E-state index in [-0.39, 0.29) is 12.5 Å². The zero-order valence-electron chi connectivity index (χ0n) is 11.4. The highest BCUT2D eigenvalue weighted by Crippen LogP contribution is 2.16. The molecule has 2 N–H and O–H groups in total. The van der Waals surface area contributed by atoms with Crippen molar-refractivity contribution in [3.63, 3.8) is 0 Å². The van der Waals surface area contributed by atoms with Gasteiger partial charge in [0.25, 0.3) is 5.91 Å². The van der Waals surface area contributed by atoms with Gasteiger partial charge in [0.1, 0.15) is 12.4 Å². The zero-order chi connectivity index (χ0) is 14.0. The molecule has 1 heterocycles. The Bertz CT molecular complexity index is 604. The lowest BCUT2D eigenvalue weighted by Crippen LogP contribution is -2.35. The number of rotatable bonds is 4. The van der Waals surface area contributed by atoms with Gasteiger partial charge in [0.2, 0.25) is 0 Å². The second-order valence-corrected chi connectivity index (χ2v) is 4.54. The highest BCUT2D eigenvalue weighted by Gasteiger charge is 2.07. The van der Waals surface area contributed by atoms with Crippen molar-refractivity contribution in [1.82, 2.24) is 14.6 Å². The van der Waals surface area contributed by atoms with E-state index in [9.17, 15) is 4.79 Å². The predicted octanol–water partition coefficient (Wildman–Crippen LogP) is 0.730. The van der Waals surface area contributed by atoms with E-state index in [2.05, 4.69) is 4.98 Å². The highest BCUT2D eigenvalue weighted by atomic mass is 16.5. The molecule has 0 saturated heterocycles. The zero-order valence-corrected chi connectivity index (χ0v) is 11.4. The third-order valence-electron chi connectivity index (χ3n) is 3.06. The first kappa shape index (κ1) is 13.5. The van der Waals surface area contributed by atoms with Crippen LogP contribution in [0.2, 0.25) is 0 Å². The number of hydrazine groups is 1. The molecule has 6 nitrogen and oxygen atoms in total. The van der Waals surface area contributed by atoms with Crippen molar-refractivity contribution >= 4 is 16.9 Å². The Morgan fingerprint density at radius 1 is 1.53 bits per heavy atom. The van der Waals surface area contributed by atoms with Gasteiger partial charge in [0.15, 0.2) is 0 Å². The number of benzene rings is 1. The molecule has 0 aliphatic carbocycles. The summed E-state index contributed by atoms with van der Waals surface area (Å²) in [6, 6.07) is 5.95. The number of nitrogens with two attached hydrogens (primary N) is 1. The number of imidazole rings is 1. The van der Waals surface area contributed by atoms with Gasteiger partial charge >= 0.3 is 0 Å². The van der Waals surface area contributed by atoms with Crippen molar-refractivity contribution in [3.05, 3.63) is 29.6 Å². The van der Waals surface area contributed by atoms with Crippen LogP contribution in [0.15, 0.2) is 18.2 Å². The van der Waals surface area contributed by atoms with Crippen molar-refractivity contribution in [2.75, 3.05) is 13.7 Å². The lowest BCUT2D eigenvalue weighted by Gasteiger charge is -2.10. The molecule has 6 heteroatoms. The SMILES string of the molecule is Cc1nc2cc(COCC(=O)N(C)N)ccc2n1C. The van der Waals surface area contributed by atoms with Crippen LogP contribution < -0.4 is 5.84 Å². The van der Waals surface area contributed by atoms with E-state index in [0.29, 0.717) is 6.61 Å². The molecule has 0 bridgehead atoms. The minimum absolute atomic E-state index is 0.0215. The van der Waals surface area contributed by atoms with Crippen LogP contribution in [0.1, 0.15) is 11.4 Å². The van der Waals surface area contributed by atoms with Gasteiger partial charge in [-0.3, -0.25) is 9.80 Å². The number of aryl methyl sites for hydroxylation is 2. The molecule has 0 atom stereocenters. The number of hydrogen-bond donors (Lipinski definition) is 1. The normalized spacial score (nSPS) is 10.9.